The monoisotopic (exact) mass is 270 g/mol. The Morgan fingerprint density at radius 3 is 2.67 bits per heavy atom. The highest BCUT2D eigenvalue weighted by Gasteiger charge is 2.29. The summed E-state index contributed by atoms with van der Waals surface area (Å²) in [4.78, 5) is 4.55. The molecular formula is C11H18N4O2S. The Labute approximate surface area is 106 Å². The summed E-state index contributed by atoms with van der Waals surface area (Å²) in [5.74, 6) is 2.50. The lowest BCUT2D eigenvalue weighted by Gasteiger charge is -2.18. The summed E-state index contributed by atoms with van der Waals surface area (Å²) in [5.41, 5.74) is 5.91. The second-order valence-electron chi connectivity index (χ2n) is 5.29. The molecular weight excluding hydrogens is 252 g/mol. The maximum atomic E-state index is 11.4. The minimum absolute atomic E-state index is 0.182. The summed E-state index contributed by atoms with van der Waals surface area (Å²) < 4.78 is 24.7. The molecule has 0 spiro atoms. The summed E-state index contributed by atoms with van der Waals surface area (Å²) >= 11 is 0. The molecule has 3 heterocycles. The SMILES string of the molecule is NC1CCn2nc(C3CCS(=O)(=O)CC3)nc2C1. The molecule has 7 heteroatoms. The number of rotatable bonds is 1. The van der Waals surface area contributed by atoms with E-state index in [9.17, 15) is 8.42 Å². The Kier molecular flexibility index (Phi) is 2.90. The zero-order valence-corrected chi connectivity index (χ0v) is 11.1. The summed E-state index contributed by atoms with van der Waals surface area (Å²) in [6.45, 7) is 0.828. The van der Waals surface area contributed by atoms with Crippen molar-refractivity contribution in [3.8, 4) is 0 Å². The third-order valence-electron chi connectivity index (χ3n) is 3.84. The van der Waals surface area contributed by atoms with Crippen LogP contribution in [0.4, 0.5) is 0 Å². The molecule has 0 amide bonds. The van der Waals surface area contributed by atoms with Gasteiger partial charge in [-0.1, -0.05) is 0 Å². The third-order valence-corrected chi connectivity index (χ3v) is 5.56. The van der Waals surface area contributed by atoms with Crippen molar-refractivity contribution >= 4 is 9.84 Å². The van der Waals surface area contributed by atoms with Crippen LogP contribution in [-0.4, -0.2) is 40.7 Å². The number of nitrogens with zero attached hydrogens (tertiary/aromatic N) is 3. The van der Waals surface area contributed by atoms with Crippen molar-refractivity contribution in [2.24, 2.45) is 5.73 Å². The van der Waals surface area contributed by atoms with Gasteiger partial charge in [0, 0.05) is 24.9 Å². The van der Waals surface area contributed by atoms with E-state index >= 15 is 0 Å². The average Bonchev–Trinajstić information content (AvgIpc) is 2.71. The molecule has 1 saturated heterocycles. The van der Waals surface area contributed by atoms with Gasteiger partial charge in [0.25, 0.3) is 0 Å². The normalized spacial score (nSPS) is 27.9. The molecule has 1 aromatic heterocycles. The lowest BCUT2D eigenvalue weighted by atomic mass is 10.0. The van der Waals surface area contributed by atoms with E-state index in [0.717, 1.165) is 31.0 Å². The minimum atomic E-state index is -2.82. The molecule has 0 radical (unpaired) electrons. The van der Waals surface area contributed by atoms with E-state index in [4.69, 9.17) is 5.73 Å². The van der Waals surface area contributed by atoms with E-state index in [1.165, 1.54) is 0 Å². The first-order chi connectivity index (χ1) is 8.53. The van der Waals surface area contributed by atoms with Gasteiger partial charge < -0.3 is 5.73 Å². The molecule has 1 fully saturated rings. The van der Waals surface area contributed by atoms with Crippen LogP contribution in [0, 0.1) is 0 Å². The number of aryl methyl sites for hydroxylation is 1. The first-order valence-electron chi connectivity index (χ1n) is 6.43. The molecule has 2 aliphatic rings. The molecule has 0 aliphatic carbocycles. The Hall–Kier alpha value is -0.950. The van der Waals surface area contributed by atoms with Gasteiger partial charge in [-0.25, -0.2) is 18.1 Å². The van der Waals surface area contributed by atoms with Crippen molar-refractivity contribution in [2.75, 3.05) is 11.5 Å². The second-order valence-corrected chi connectivity index (χ2v) is 7.59. The highest BCUT2D eigenvalue weighted by Crippen LogP contribution is 2.27. The van der Waals surface area contributed by atoms with Crippen LogP contribution in [0.1, 0.15) is 36.8 Å². The van der Waals surface area contributed by atoms with Gasteiger partial charge >= 0.3 is 0 Å². The highest BCUT2D eigenvalue weighted by atomic mass is 32.2. The third kappa shape index (κ3) is 2.29. The van der Waals surface area contributed by atoms with Crippen molar-refractivity contribution in [3.05, 3.63) is 11.6 Å². The van der Waals surface area contributed by atoms with Gasteiger partial charge in [-0.15, -0.1) is 0 Å². The first-order valence-corrected chi connectivity index (χ1v) is 8.25. The van der Waals surface area contributed by atoms with Crippen LogP contribution in [0.2, 0.25) is 0 Å². The lowest BCUT2D eigenvalue weighted by molar-refractivity contribution is 0.430. The van der Waals surface area contributed by atoms with Crippen molar-refractivity contribution in [3.63, 3.8) is 0 Å². The Morgan fingerprint density at radius 1 is 1.22 bits per heavy atom. The Balaban J connectivity index is 1.78. The van der Waals surface area contributed by atoms with Gasteiger partial charge in [0.05, 0.1) is 11.5 Å². The topological polar surface area (TPSA) is 90.9 Å². The van der Waals surface area contributed by atoms with Crippen LogP contribution in [0.25, 0.3) is 0 Å². The molecule has 18 heavy (non-hydrogen) atoms. The maximum absolute atomic E-state index is 11.4. The quantitative estimate of drug-likeness (QED) is 0.766. The molecule has 0 saturated carbocycles. The molecule has 100 valence electrons. The smallest absolute Gasteiger partial charge is 0.154 e. The largest absolute Gasteiger partial charge is 0.327 e. The molecule has 2 aliphatic heterocycles. The highest BCUT2D eigenvalue weighted by molar-refractivity contribution is 7.91. The molecule has 1 atom stereocenters. The maximum Gasteiger partial charge on any atom is 0.154 e. The number of hydrogen-bond donors (Lipinski definition) is 1. The predicted octanol–water partition coefficient (Wildman–Crippen LogP) is -0.156. The number of nitrogens with two attached hydrogens (primary N) is 1. The molecule has 0 bridgehead atoms. The standard InChI is InChI=1S/C11H18N4O2S/c12-9-1-4-15-10(7-9)13-11(14-15)8-2-5-18(16,17)6-3-8/h8-9H,1-7,12H2. The molecule has 0 aromatic carbocycles. The van der Waals surface area contributed by atoms with Crippen LogP contribution in [0.5, 0.6) is 0 Å². The summed E-state index contributed by atoms with van der Waals surface area (Å²) in [5, 5.41) is 4.51. The Bertz CT molecular complexity index is 537. The molecule has 2 N–H and O–H groups in total. The number of hydrogen-bond acceptors (Lipinski definition) is 5. The number of sulfone groups is 1. The van der Waals surface area contributed by atoms with Gasteiger partial charge in [0.15, 0.2) is 5.82 Å². The van der Waals surface area contributed by atoms with E-state index in [-0.39, 0.29) is 23.5 Å². The molecule has 6 nitrogen and oxygen atoms in total. The molecule has 3 rings (SSSR count). The zero-order valence-electron chi connectivity index (χ0n) is 10.2. The van der Waals surface area contributed by atoms with Crippen molar-refractivity contribution in [1.29, 1.82) is 0 Å². The van der Waals surface area contributed by atoms with E-state index < -0.39 is 9.84 Å². The Morgan fingerprint density at radius 2 is 1.94 bits per heavy atom. The van der Waals surface area contributed by atoms with Crippen LogP contribution in [-0.2, 0) is 22.8 Å². The lowest BCUT2D eigenvalue weighted by Crippen LogP contribution is -2.31. The van der Waals surface area contributed by atoms with Crippen molar-refractivity contribution < 1.29 is 8.42 Å². The average molecular weight is 270 g/mol. The van der Waals surface area contributed by atoms with Crippen LogP contribution < -0.4 is 5.73 Å². The summed E-state index contributed by atoms with van der Waals surface area (Å²) in [6, 6.07) is 0.182. The predicted molar refractivity (Wildman–Crippen MR) is 66.9 cm³/mol. The van der Waals surface area contributed by atoms with Crippen LogP contribution in [0.15, 0.2) is 0 Å². The van der Waals surface area contributed by atoms with Crippen molar-refractivity contribution in [2.45, 2.75) is 44.2 Å². The van der Waals surface area contributed by atoms with Gasteiger partial charge in [0.2, 0.25) is 0 Å². The van der Waals surface area contributed by atoms with Gasteiger partial charge in [-0.3, -0.25) is 0 Å². The van der Waals surface area contributed by atoms with Crippen molar-refractivity contribution in [1.82, 2.24) is 14.8 Å². The van der Waals surface area contributed by atoms with Crippen LogP contribution in [0.3, 0.4) is 0 Å². The fraction of sp³-hybridized carbons (Fsp3) is 0.818. The van der Waals surface area contributed by atoms with E-state index in [1.54, 1.807) is 0 Å². The fourth-order valence-electron chi connectivity index (χ4n) is 2.67. The molecule has 1 unspecified atom stereocenters. The van der Waals surface area contributed by atoms with Gasteiger partial charge in [-0.05, 0) is 19.3 Å². The van der Waals surface area contributed by atoms with E-state index in [2.05, 4.69) is 10.1 Å². The first kappa shape index (κ1) is 12.1. The second kappa shape index (κ2) is 4.31. The van der Waals surface area contributed by atoms with Gasteiger partial charge in [-0.2, -0.15) is 5.10 Å². The minimum Gasteiger partial charge on any atom is -0.327 e. The number of aromatic nitrogens is 3. The van der Waals surface area contributed by atoms with E-state index in [1.807, 2.05) is 4.68 Å². The summed E-state index contributed by atoms with van der Waals surface area (Å²) in [7, 11) is -2.82. The van der Waals surface area contributed by atoms with Crippen LogP contribution >= 0.6 is 0 Å². The molecule has 1 aromatic rings. The number of fused-ring (bicyclic) bond motifs is 1. The van der Waals surface area contributed by atoms with E-state index in [0.29, 0.717) is 12.8 Å². The summed E-state index contributed by atoms with van der Waals surface area (Å²) in [6.07, 6.45) is 3.02. The zero-order chi connectivity index (χ0) is 12.8. The van der Waals surface area contributed by atoms with Gasteiger partial charge in [0.1, 0.15) is 15.7 Å². The fourth-order valence-corrected chi connectivity index (χ4v) is 4.16.